The molecule has 0 spiro atoms. The first-order valence-electron chi connectivity index (χ1n) is 8.75. The number of aromatic nitrogens is 4. The maximum Gasteiger partial charge on any atom is 0.163 e. The molecule has 3 heterocycles. The zero-order chi connectivity index (χ0) is 19.3. The van der Waals surface area contributed by atoms with Crippen LogP contribution in [0, 0.1) is 0 Å². The maximum atomic E-state index is 5.40. The Hall–Kier alpha value is -3.74. The normalized spacial score (nSPS) is 10.6. The second-order valence-corrected chi connectivity index (χ2v) is 6.07. The fourth-order valence-electron chi connectivity index (χ4n) is 2.91. The summed E-state index contributed by atoms with van der Waals surface area (Å²) in [4.78, 5) is 17.9. The second-order valence-electron chi connectivity index (χ2n) is 6.07. The monoisotopic (exact) mass is 373 g/mol. The van der Waals surface area contributed by atoms with Gasteiger partial charge in [-0.2, -0.15) is 0 Å². The minimum atomic E-state index is 0.583. The summed E-state index contributed by atoms with van der Waals surface area (Å²) in [6, 6.07) is 11.4. The van der Waals surface area contributed by atoms with Crippen LogP contribution in [0.3, 0.4) is 0 Å². The highest BCUT2D eigenvalue weighted by molar-refractivity contribution is 5.85. The number of rotatable bonds is 6. The minimum Gasteiger partial charge on any atom is -0.493 e. The van der Waals surface area contributed by atoms with E-state index in [1.54, 1.807) is 32.8 Å². The molecule has 0 fully saturated rings. The van der Waals surface area contributed by atoms with Crippen LogP contribution >= 0.6 is 0 Å². The van der Waals surface area contributed by atoms with Gasteiger partial charge in [-0.15, -0.1) is 0 Å². The number of pyridine rings is 2. The average Bonchev–Trinajstić information content (AvgIpc) is 2.77. The smallest absolute Gasteiger partial charge is 0.163 e. The summed E-state index contributed by atoms with van der Waals surface area (Å²) < 4.78 is 10.8. The molecule has 0 aliphatic carbocycles. The summed E-state index contributed by atoms with van der Waals surface area (Å²) in [5.74, 6) is 1.90. The number of hydrogen-bond donors (Lipinski definition) is 1. The summed E-state index contributed by atoms with van der Waals surface area (Å²) >= 11 is 0. The van der Waals surface area contributed by atoms with Crippen LogP contribution in [-0.4, -0.2) is 34.2 Å². The molecule has 4 aromatic rings. The highest BCUT2D eigenvalue weighted by Crippen LogP contribution is 2.34. The van der Waals surface area contributed by atoms with Crippen molar-refractivity contribution in [3.63, 3.8) is 0 Å². The number of fused-ring (bicyclic) bond motifs is 1. The SMILES string of the molecule is COc1cc2nc(NCc3cccnc3)c(-c3ccncc3)nc2cc1OC. The van der Waals surface area contributed by atoms with Crippen LogP contribution in [0.5, 0.6) is 11.5 Å². The number of ether oxygens (including phenoxy) is 2. The summed E-state index contributed by atoms with van der Waals surface area (Å²) in [7, 11) is 3.20. The van der Waals surface area contributed by atoms with Crippen molar-refractivity contribution in [3.8, 4) is 22.8 Å². The second kappa shape index (κ2) is 7.87. The van der Waals surface area contributed by atoms with Crippen molar-refractivity contribution in [2.24, 2.45) is 0 Å². The Morgan fingerprint density at radius 1 is 0.857 bits per heavy atom. The van der Waals surface area contributed by atoms with E-state index < -0.39 is 0 Å². The Morgan fingerprint density at radius 2 is 1.57 bits per heavy atom. The third-order valence-electron chi connectivity index (χ3n) is 4.31. The van der Waals surface area contributed by atoms with E-state index >= 15 is 0 Å². The Kier molecular flexibility index (Phi) is 4.97. The number of methoxy groups -OCH3 is 2. The minimum absolute atomic E-state index is 0.583. The Balaban J connectivity index is 1.82. The molecule has 0 aliphatic rings. The van der Waals surface area contributed by atoms with E-state index in [-0.39, 0.29) is 0 Å². The molecule has 0 unspecified atom stereocenters. The summed E-state index contributed by atoms with van der Waals surface area (Å²) in [5, 5.41) is 3.38. The Labute approximate surface area is 162 Å². The topological polar surface area (TPSA) is 82.0 Å². The zero-order valence-corrected chi connectivity index (χ0v) is 15.6. The van der Waals surface area contributed by atoms with E-state index in [1.165, 1.54) is 0 Å². The van der Waals surface area contributed by atoms with Crippen molar-refractivity contribution in [2.75, 3.05) is 19.5 Å². The van der Waals surface area contributed by atoms with E-state index in [0.717, 1.165) is 22.3 Å². The predicted molar refractivity (Wildman–Crippen MR) is 107 cm³/mol. The summed E-state index contributed by atoms with van der Waals surface area (Å²) in [6.45, 7) is 0.583. The maximum absolute atomic E-state index is 5.40. The third kappa shape index (κ3) is 3.55. The molecular weight excluding hydrogens is 354 g/mol. The molecule has 0 aliphatic heterocycles. The van der Waals surface area contributed by atoms with Crippen molar-refractivity contribution in [1.82, 2.24) is 19.9 Å². The van der Waals surface area contributed by atoms with Crippen LogP contribution in [-0.2, 0) is 6.54 Å². The lowest BCUT2D eigenvalue weighted by atomic mass is 10.1. The molecule has 7 nitrogen and oxygen atoms in total. The van der Waals surface area contributed by atoms with Gasteiger partial charge >= 0.3 is 0 Å². The van der Waals surface area contributed by atoms with Crippen molar-refractivity contribution >= 4 is 16.9 Å². The number of benzene rings is 1. The molecule has 0 saturated carbocycles. The quantitative estimate of drug-likeness (QED) is 0.551. The summed E-state index contributed by atoms with van der Waals surface area (Å²) in [6.07, 6.45) is 7.05. The molecule has 1 aromatic carbocycles. The average molecular weight is 373 g/mol. The van der Waals surface area contributed by atoms with Gasteiger partial charge in [-0.1, -0.05) is 6.07 Å². The standard InChI is InChI=1S/C21H19N5O2/c1-27-18-10-16-17(11-19(18)28-2)26-21(24-13-14-4-3-7-23-12-14)20(25-16)15-5-8-22-9-6-15/h3-12H,13H2,1-2H3,(H,24,26). The number of anilines is 1. The Morgan fingerprint density at radius 3 is 2.21 bits per heavy atom. The van der Waals surface area contributed by atoms with Gasteiger partial charge < -0.3 is 14.8 Å². The lowest BCUT2D eigenvalue weighted by Crippen LogP contribution is -2.05. The van der Waals surface area contributed by atoms with Crippen molar-refractivity contribution < 1.29 is 9.47 Å². The van der Waals surface area contributed by atoms with Crippen molar-refractivity contribution in [3.05, 3.63) is 66.7 Å². The fourth-order valence-corrected chi connectivity index (χ4v) is 2.91. The van der Waals surface area contributed by atoms with Crippen LogP contribution in [0.2, 0.25) is 0 Å². The van der Waals surface area contributed by atoms with Crippen LogP contribution in [0.4, 0.5) is 5.82 Å². The number of nitrogens with one attached hydrogen (secondary N) is 1. The third-order valence-corrected chi connectivity index (χ3v) is 4.31. The van der Waals surface area contributed by atoms with E-state index in [1.807, 2.05) is 42.6 Å². The molecule has 7 heteroatoms. The number of hydrogen-bond acceptors (Lipinski definition) is 7. The van der Waals surface area contributed by atoms with Gasteiger partial charge in [-0.3, -0.25) is 9.97 Å². The molecular formula is C21H19N5O2. The van der Waals surface area contributed by atoms with E-state index in [4.69, 9.17) is 19.4 Å². The first-order chi connectivity index (χ1) is 13.8. The molecule has 0 bridgehead atoms. The van der Waals surface area contributed by atoms with Gasteiger partial charge in [0.15, 0.2) is 17.3 Å². The molecule has 140 valence electrons. The lowest BCUT2D eigenvalue weighted by molar-refractivity contribution is 0.355. The highest BCUT2D eigenvalue weighted by atomic mass is 16.5. The first kappa shape index (κ1) is 17.7. The molecule has 4 rings (SSSR count). The molecule has 0 saturated heterocycles. The van der Waals surface area contributed by atoms with Gasteiger partial charge in [-0.25, -0.2) is 9.97 Å². The van der Waals surface area contributed by atoms with E-state index in [0.29, 0.717) is 29.4 Å². The van der Waals surface area contributed by atoms with Crippen LogP contribution in [0.25, 0.3) is 22.3 Å². The zero-order valence-electron chi connectivity index (χ0n) is 15.6. The van der Waals surface area contributed by atoms with Crippen LogP contribution in [0.1, 0.15) is 5.56 Å². The van der Waals surface area contributed by atoms with Crippen molar-refractivity contribution in [2.45, 2.75) is 6.54 Å². The number of nitrogens with zero attached hydrogens (tertiary/aromatic N) is 4. The molecule has 28 heavy (non-hydrogen) atoms. The lowest BCUT2D eigenvalue weighted by Gasteiger charge is -2.14. The van der Waals surface area contributed by atoms with Gasteiger partial charge in [0.1, 0.15) is 5.69 Å². The van der Waals surface area contributed by atoms with Crippen LogP contribution in [0.15, 0.2) is 61.2 Å². The van der Waals surface area contributed by atoms with Gasteiger partial charge in [-0.05, 0) is 23.8 Å². The Bertz CT molecular complexity index is 1090. The molecule has 0 atom stereocenters. The van der Waals surface area contributed by atoms with Gasteiger partial charge in [0.2, 0.25) is 0 Å². The molecule has 1 N–H and O–H groups in total. The van der Waals surface area contributed by atoms with Crippen molar-refractivity contribution in [1.29, 1.82) is 0 Å². The predicted octanol–water partition coefficient (Wildman–Crippen LogP) is 3.72. The first-order valence-corrected chi connectivity index (χ1v) is 8.75. The molecule has 0 amide bonds. The molecule has 3 aromatic heterocycles. The van der Waals surface area contributed by atoms with E-state index in [9.17, 15) is 0 Å². The van der Waals surface area contributed by atoms with Gasteiger partial charge in [0, 0.05) is 49.0 Å². The van der Waals surface area contributed by atoms with E-state index in [2.05, 4.69) is 15.3 Å². The molecule has 0 radical (unpaired) electrons. The highest BCUT2D eigenvalue weighted by Gasteiger charge is 2.14. The largest absolute Gasteiger partial charge is 0.493 e. The van der Waals surface area contributed by atoms with Crippen LogP contribution < -0.4 is 14.8 Å². The summed E-state index contributed by atoms with van der Waals surface area (Å²) in [5.41, 5.74) is 4.15. The van der Waals surface area contributed by atoms with Gasteiger partial charge in [0.05, 0.1) is 25.3 Å². The van der Waals surface area contributed by atoms with Gasteiger partial charge in [0.25, 0.3) is 0 Å². The fraction of sp³-hybridized carbons (Fsp3) is 0.143.